The van der Waals surface area contributed by atoms with E-state index in [0.29, 0.717) is 19.5 Å². The molecule has 0 unspecified atom stereocenters. The van der Waals surface area contributed by atoms with Gasteiger partial charge in [0.1, 0.15) is 0 Å². The standard InChI is InChI=1S/C19H30N4O2.2ClH/c1-22-10-5-11-23(13-12-22)15-18(25)21-19(8-9-20-14-17(19)24)16-6-3-2-4-7-16;;/h2-4,6-7,17,20,24H,5,8-15H2,1H3,(H,21,25);2*1H/t17-,19+;;/m1../s1. The van der Waals surface area contributed by atoms with E-state index >= 15 is 0 Å². The van der Waals surface area contributed by atoms with Crippen molar-refractivity contribution in [3.63, 3.8) is 0 Å². The van der Waals surface area contributed by atoms with E-state index in [1.807, 2.05) is 30.3 Å². The van der Waals surface area contributed by atoms with Crippen molar-refractivity contribution >= 4 is 30.7 Å². The zero-order valence-electron chi connectivity index (χ0n) is 15.9. The highest BCUT2D eigenvalue weighted by Crippen LogP contribution is 2.31. The van der Waals surface area contributed by atoms with Crippen molar-refractivity contribution in [2.75, 3.05) is 52.9 Å². The Balaban J connectivity index is 0.00000182. The highest BCUT2D eigenvalue weighted by molar-refractivity contribution is 5.85. The summed E-state index contributed by atoms with van der Waals surface area (Å²) in [5, 5.41) is 17.1. The topological polar surface area (TPSA) is 67.8 Å². The maximum Gasteiger partial charge on any atom is 0.234 e. The number of β-amino-alcohol motifs (C(OH)–C–C–N with tert-alkyl or cyclic N) is 1. The number of nitrogens with one attached hydrogen (secondary N) is 2. The Labute approximate surface area is 174 Å². The fraction of sp³-hybridized carbons (Fsp3) is 0.632. The summed E-state index contributed by atoms with van der Waals surface area (Å²) in [5.74, 6) is -0.00523. The molecule has 2 heterocycles. The zero-order valence-corrected chi connectivity index (χ0v) is 17.5. The number of halogens is 2. The van der Waals surface area contributed by atoms with Crippen LogP contribution in [0.25, 0.3) is 0 Å². The molecule has 1 aromatic carbocycles. The molecular weight excluding hydrogens is 387 g/mol. The SMILES string of the molecule is CN1CCCN(CC(=O)N[C@]2(c3ccccc3)CCNC[C@H]2O)CC1.Cl.Cl. The van der Waals surface area contributed by atoms with Gasteiger partial charge in [-0.1, -0.05) is 30.3 Å². The lowest BCUT2D eigenvalue weighted by molar-refractivity contribution is -0.127. The molecule has 0 aromatic heterocycles. The van der Waals surface area contributed by atoms with Crippen molar-refractivity contribution in [3.05, 3.63) is 35.9 Å². The Morgan fingerprint density at radius 2 is 1.96 bits per heavy atom. The number of hydrogen-bond donors (Lipinski definition) is 3. The number of hydrogen-bond acceptors (Lipinski definition) is 5. The average molecular weight is 419 g/mol. The van der Waals surface area contributed by atoms with Gasteiger partial charge < -0.3 is 20.6 Å². The number of nitrogens with zero attached hydrogens (tertiary/aromatic N) is 2. The summed E-state index contributed by atoms with van der Waals surface area (Å²) in [7, 11) is 2.12. The molecule has 6 nitrogen and oxygen atoms in total. The summed E-state index contributed by atoms with van der Waals surface area (Å²) < 4.78 is 0. The minimum absolute atomic E-state index is 0. The third-order valence-electron chi connectivity index (χ3n) is 5.43. The van der Waals surface area contributed by atoms with Crippen LogP contribution in [-0.4, -0.2) is 79.8 Å². The van der Waals surface area contributed by atoms with Crippen LogP contribution in [0.4, 0.5) is 0 Å². The van der Waals surface area contributed by atoms with Crippen molar-refractivity contribution in [1.29, 1.82) is 0 Å². The molecule has 2 aliphatic rings. The summed E-state index contributed by atoms with van der Waals surface area (Å²) in [6.45, 7) is 5.58. The number of rotatable bonds is 4. The molecule has 0 spiro atoms. The largest absolute Gasteiger partial charge is 0.389 e. The van der Waals surface area contributed by atoms with Gasteiger partial charge in [0.05, 0.1) is 18.2 Å². The van der Waals surface area contributed by atoms with Crippen LogP contribution in [0.15, 0.2) is 30.3 Å². The molecule has 3 rings (SSSR count). The van der Waals surface area contributed by atoms with E-state index < -0.39 is 11.6 Å². The van der Waals surface area contributed by atoms with Crippen molar-refractivity contribution < 1.29 is 9.90 Å². The average Bonchev–Trinajstić information content (AvgIpc) is 2.82. The van der Waals surface area contributed by atoms with Gasteiger partial charge in [0.2, 0.25) is 5.91 Å². The molecule has 1 aromatic rings. The van der Waals surface area contributed by atoms with E-state index in [1.54, 1.807) is 0 Å². The van der Waals surface area contributed by atoms with E-state index in [0.717, 1.165) is 44.7 Å². The van der Waals surface area contributed by atoms with E-state index in [2.05, 4.69) is 27.5 Å². The molecule has 154 valence electrons. The van der Waals surface area contributed by atoms with Crippen molar-refractivity contribution in [2.45, 2.75) is 24.5 Å². The van der Waals surface area contributed by atoms with Crippen LogP contribution in [0.1, 0.15) is 18.4 Å². The molecule has 8 heteroatoms. The first kappa shape index (κ1) is 24.1. The highest BCUT2D eigenvalue weighted by Gasteiger charge is 2.42. The van der Waals surface area contributed by atoms with Crippen LogP contribution >= 0.6 is 24.8 Å². The Morgan fingerprint density at radius 1 is 1.22 bits per heavy atom. The molecule has 0 saturated carbocycles. The Bertz CT molecular complexity index is 578. The number of likely N-dealkylation sites (N-methyl/N-ethyl adjacent to an activating group) is 1. The van der Waals surface area contributed by atoms with Crippen LogP contribution < -0.4 is 10.6 Å². The van der Waals surface area contributed by atoms with E-state index in [1.165, 1.54) is 0 Å². The molecular formula is C19H32Cl2N4O2. The fourth-order valence-electron chi connectivity index (χ4n) is 3.90. The van der Waals surface area contributed by atoms with Crippen LogP contribution in [0, 0.1) is 0 Å². The van der Waals surface area contributed by atoms with Crippen LogP contribution in [0.5, 0.6) is 0 Å². The number of aliphatic hydroxyl groups excluding tert-OH is 1. The van der Waals surface area contributed by atoms with Gasteiger partial charge >= 0.3 is 0 Å². The number of piperidine rings is 1. The summed E-state index contributed by atoms with van der Waals surface area (Å²) >= 11 is 0. The molecule has 0 bridgehead atoms. The molecule has 1 amide bonds. The second-order valence-electron chi connectivity index (χ2n) is 7.29. The summed E-state index contributed by atoms with van der Waals surface area (Å²) in [5.41, 5.74) is 0.277. The summed E-state index contributed by atoms with van der Waals surface area (Å²) in [6, 6.07) is 9.87. The molecule has 3 N–H and O–H groups in total. The normalized spacial score (nSPS) is 27.0. The lowest BCUT2D eigenvalue weighted by Gasteiger charge is -2.43. The second kappa shape index (κ2) is 11.2. The number of benzene rings is 1. The van der Waals surface area contributed by atoms with Gasteiger partial charge in [0.25, 0.3) is 0 Å². The molecule has 0 radical (unpaired) electrons. The maximum atomic E-state index is 12.8. The molecule has 27 heavy (non-hydrogen) atoms. The molecule has 0 aliphatic carbocycles. The first-order valence-corrected chi connectivity index (χ1v) is 9.26. The number of amides is 1. The van der Waals surface area contributed by atoms with Gasteiger partial charge in [-0.3, -0.25) is 9.69 Å². The third kappa shape index (κ3) is 6.04. The molecule has 2 fully saturated rings. The first-order valence-electron chi connectivity index (χ1n) is 9.26. The van der Waals surface area contributed by atoms with Crippen LogP contribution in [-0.2, 0) is 10.3 Å². The quantitative estimate of drug-likeness (QED) is 0.675. The van der Waals surface area contributed by atoms with Crippen molar-refractivity contribution in [3.8, 4) is 0 Å². The molecule has 2 aliphatic heterocycles. The second-order valence-corrected chi connectivity index (χ2v) is 7.29. The third-order valence-corrected chi connectivity index (χ3v) is 5.43. The maximum absolute atomic E-state index is 12.8. The van der Waals surface area contributed by atoms with Crippen LogP contribution in [0.2, 0.25) is 0 Å². The van der Waals surface area contributed by atoms with E-state index in [9.17, 15) is 9.90 Å². The number of carbonyl (C=O) groups excluding carboxylic acids is 1. The minimum Gasteiger partial charge on any atom is -0.389 e. The first-order chi connectivity index (χ1) is 12.1. The Kier molecular flexibility index (Phi) is 10.0. The highest BCUT2D eigenvalue weighted by atomic mass is 35.5. The van der Waals surface area contributed by atoms with Gasteiger partial charge in [-0.15, -0.1) is 24.8 Å². The van der Waals surface area contributed by atoms with Gasteiger partial charge in [0, 0.05) is 19.6 Å². The van der Waals surface area contributed by atoms with E-state index in [4.69, 9.17) is 0 Å². The predicted octanol–water partition coefficient (Wildman–Crippen LogP) is 0.833. The van der Waals surface area contributed by atoms with Gasteiger partial charge in [-0.25, -0.2) is 0 Å². The fourth-order valence-corrected chi connectivity index (χ4v) is 3.90. The predicted molar refractivity (Wildman–Crippen MR) is 113 cm³/mol. The van der Waals surface area contributed by atoms with Gasteiger partial charge in [0.15, 0.2) is 0 Å². The zero-order chi connectivity index (χ0) is 17.7. The van der Waals surface area contributed by atoms with E-state index in [-0.39, 0.29) is 30.7 Å². The van der Waals surface area contributed by atoms with Gasteiger partial charge in [-0.2, -0.15) is 0 Å². The monoisotopic (exact) mass is 418 g/mol. The Hall–Kier alpha value is -0.890. The number of aliphatic hydroxyl groups is 1. The Morgan fingerprint density at radius 3 is 2.67 bits per heavy atom. The molecule has 2 saturated heterocycles. The van der Waals surface area contributed by atoms with Crippen LogP contribution in [0.3, 0.4) is 0 Å². The van der Waals surface area contributed by atoms with Crippen molar-refractivity contribution in [2.24, 2.45) is 0 Å². The lowest BCUT2D eigenvalue weighted by Crippen LogP contribution is -2.62. The number of carbonyl (C=O) groups is 1. The molecule has 2 atom stereocenters. The smallest absolute Gasteiger partial charge is 0.234 e. The van der Waals surface area contributed by atoms with Gasteiger partial charge in [-0.05, 0) is 45.1 Å². The summed E-state index contributed by atoms with van der Waals surface area (Å²) in [6.07, 6.45) is 1.13. The minimum atomic E-state index is -0.702. The van der Waals surface area contributed by atoms with Crippen molar-refractivity contribution in [1.82, 2.24) is 20.4 Å². The lowest BCUT2D eigenvalue weighted by atomic mass is 9.79. The summed E-state index contributed by atoms with van der Waals surface area (Å²) in [4.78, 5) is 17.3.